The Morgan fingerprint density at radius 1 is 1.27 bits per heavy atom. The van der Waals surface area contributed by atoms with Crippen LogP contribution in [0.25, 0.3) is 0 Å². The van der Waals surface area contributed by atoms with Crippen LogP contribution in [-0.2, 0) is 0 Å². The van der Waals surface area contributed by atoms with E-state index in [1.54, 1.807) is 6.07 Å². The number of pyridine rings is 1. The standard InChI is InChI=1S/C18H19Cl2FN2O2.ClH/c1-11-4-5-16(24-10-12-3-2-6-22-9-12)18(23-11)25-17-14(19)7-13(21)8-15(17)20;/h4-5,7-8,12,22H,2-3,6,9-10H2,1H3;1H/t12-;/m0./s1. The zero-order valence-corrected chi connectivity index (χ0v) is 16.6. The fourth-order valence-electron chi connectivity index (χ4n) is 2.70. The average Bonchev–Trinajstić information content (AvgIpc) is 2.58. The molecule has 1 fully saturated rings. The summed E-state index contributed by atoms with van der Waals surface area (Å²) in [6, 6.07) is 5.94. The van der Waals surface area contributed by atoms with Crippen molar-refractivity contribution in [1.82, 2.24) is 10.3 Å². The molecule has 8 heteroatoms. The fourth-order valence-corrected chi connectivity index (χ4v) is 3.24. The van der Waals surface area contributed by atoms with E-state index in [1.165, 1.54) is 0 Å². The number of benzene rings is 1. The van der Waals surface area contributed by atoms with Crippen molar-refractivity contribution in [3.8, 4) is 17.4 Å². The molecule has 142 valence electrons. The van der Waals surface area contributed by atoms with Gasteiger partial charge >= 0.3 is 0 Å². The van der Waals surface area contributed by atoms with Gasteiger partial charge in [-0.15, -0.1) is 12.4 Å². The van der Waals surface area contributed by atoms with Crippen molar-refractivity contribution in [3.63, 3.8) is 0 Å². The normalized spacial score (nSPS) is 16.7. The fraction of sp³-hybridized carbons (Fsp3) is 0.389. The Labute approximate surface area is 168 Å². The van der Waals surface area contributed by atoms with Crippen LogP contribution in [0.15, 0.2) is 24.3 Å². The molecule has 1 aromatic carbocycles. The first-order valence-corrected chi connectivity index (χ1v) is 8.92. The van der Waals surface area contributed by atoms with Crippen LogP contribution in [0.4, 0.5) is 4.39 Å². The third-order valence-electron chi connectivity index (χ3n) is 4.00. The molecule has 1 aliphatic rings. The van der Waals surface area contributed by atoms with Gasteiger partial charge in [-0.2, -0.15) is 0 Å². The molecule has 1 atom stereocenters. The number of hydrogen-bond acceptors (Lipinski definition) is 4. The van der Waals surface area contributed by atoms with Crippen molar-refractivity contribution in [2.24, 2.45) is 5.92 Å². The van der Waals surface area contributed by atoms with Crippen molar-refractivity contribution in [3.05, 3.63) is 45.8 Å². The Kier molecular flexibility index (Phi) is 7.77. The van der Waals surface area contributed by atoms with Crippen LogP contribution in [0.1, 0.15) is 18.5 Å². The first-order chi connectivity index (χ1) is 12.0. The number of ether oxygens (including phenoxy) is 2. The molecule has 1 N–H and O–H groups in total. The number of hydrogen-bond donors (Lipinski definition) is 1. The molecule has 1 saturated heterocycles. The second kappa shape index (κ2) is 9.60. The summed E-state index contributed by atoms with van der Waals surface area (Å²) in [5.74, 6) is 0.848. The zero-order chi connectivity index (χ0) is 17.8. The molecule has 0 saturated carbocycles. The predicted molar refractivity (Wildman–Crippen MR) is 104 cm³/mol. The summed E-state index contributed by atoms with van der Waals surface area (Å²) in [4.78, 5) is 4.36. The number of nitrogens with one attached hydrogen (secondary N) is 1. The molecule has 26 heavy (non-hydrogen) atoms. The summed E-state index contributed by atoms with van der Waals surface area (Å²) in [7, 11) is 0. The largest absolute Gasteiger partial charge is 0.488 e. The maximum atomic E-state index is 13.3. The van der Waals surface area contributed by atoms with Gasteiger partial charge < -0.3 is 14.8 Å². The molecule has 0 unspecified atom stereocenters. The maximum absolute atomic E-state index is 13.3. The SMILES string of the molecule is Cc1ccc(OC[C@H]2CCCNC2)c(Oc2c(Cl)cc(F)cc2Cl)n1.Cl. The molecule has 0 bridgehead atoms. The van der Waals surface area contributed by atoms with Crippen LogP contribution >= 0.6 is 35.6 Å². The zero-order valence-electron chi connectivity index (χ0n) is 14.2. The number of nitrogens with zero attached hydrogens (tertiary/aromatic N) is 1. The number of piperidine rings is 1. The number of aryl methyl sites for hydroxylation is 1. The lowest BCUT2D eigenvalue weighted by molar-refractivity contribution is 0.211. The third-order valence-corrected chi connectivity index (χ3v) is 4.56. The Balaban J connectivity index is 0.00000243. The molecule has 0 radical (unpaired) electrons. The number of halogens is 4. The van der Waals surface area contributed by atoms with Crippen LogP contribution < -0.4 is 14.8 Å². The Morgan fingerprint density at radius 2 is 2.00 bits per heavy atom. The van der Waals surface area contributed by atoms with E-state index in [0.717, 1.165) is 43.8 Å². The summed E-state index contributed by atoms with van der Waals surface area (Å²) < 4.78 is 25.0. The lowest BCUT2D eigenvalue weighted by atomic mass is 10.0. The highest BCUT2D eigenvalue weighted by atomic mass is 35.5. The van der Waals surface area contributed by atoms with E-state index in [1.807, 2.05) is 13.0 Å². The average molecular weight is 422 g/mol. The Hall–Kier alpha value is -1.27. The smallest absolute Gasteiger partial charge is 0.262 e. The van der Waals surface area contributed by atoms with E-state index in [4.69, 9.17) is 32.7 Å². The summed E-state index contributed by atoms with van der Waals surface area (Å²) in [5.41, 5.74) is 0.760. The van der Waals surface area contributed by atoms with Gasteiger partial charge in [-0.05, 0) is 50.6 Å². The predicted octanol–water partition coefficient (Wildman–Crippen LogP) is 5.43. The quantitative estimate of drug-likeness (QED) is 0.699. The summed E-state index contributed by atoms with van der Waals surface area (Å²) in [6.45, 7) is 4.40. The molecule has 1 aliphatic heterocycles. The molecular formula is C18H20Cl3FN2O2. The molecular weight excluding hydrogens is 402 g/mol. The van der Waals surface area contributed by atoms with E-state index in [2.05, 4.69) is 10.3 Å². The number of rotatable bonds is 5. The first-order valence-electron chi connectivity index (χ1n) is 8.16. The van der Waals surface area contributed by atoms with Gasteiger partial charge in [0.2, 0.25) is 0 Å². The van der Waals surface area contributed by atoms with Crippen LogP contribution in [0.3, 0.4) is 0 Å². The second-order valence-electron chi connectivity index (χ2n) is 6.08. The molecule has 0 aliphatic carbocycles. The van der Waals surface area contributed by atoms with Crippen LogP contribution in [0, 0.1) is 18.7 Å². The minimum absolute atomic E-state index is 0. The van der Waals surface area contributed by atoms with Gasteiger partial charge in [-0.3, -0.25) is 0 Å². The molecule has 0 spiro atoms. The van der Waals surface area contributed by atoms with Gasteiger partial charge in [0, 0.05) is 18.2 Å². The Bertz CT molecular complexity index is 732. The second-order valence-corrected chi connectivity index (χ2v) is 6.89. The highest BCUT2D eigenvalue weighted by Gasteiger charge is 2.18. The van der Waals surface area contributed by atoms with Crippen molar-refractivity contribution in [1.29, 1.82) is 0 Å². The molecule has 1 aromatic heterocycles. The topological polar surface area (TPSA) is 43.4 Å². The van der Waals surface area contributed by atoms with E-state index >= 15 is 0 Å². The van der Waals surface area contributed by atoms with Crippen molar-refractivity contribution in [2.75, 3.05) is 19.7 Å². The monoisotopic (exact) mass is 420 g/mol. The highest BCUT2D eigenvalue weighted by molar-refractivity contribution is 6.37. The lowest BCUT2D eigenvalue weighted by Gasteiger charge is -2.23. The van der Waals surface area contributed by atoms with E-state index < -0.39 is 5.82 Å². The van der Waals surface area contributed by atoms with Crippen LogP contribution in [-0.4, -0.2) is 24.7 Å². The van der Waals surface area contributed by atoms with Gasteiger partial charge in [0.05, 0.1) is 16.7 Å². The van der Waals surface area contributed by atoms with Crippen LogP contribution in [0.2, 0.25) is 10.0 Å². The van der Waals surface area contributed by atoms with Crippen molar-refractivity contribution < 1.29 is 13.9 Å². The molecule has 0 amide bonds. The van der Waals surface area contributed by atoms with Crippen molar-refractivity contribution in [2.45, 2.75) is 19.8 Å². The third kappa shape index (κ3) is 5.36. The van der Waals surface area contributed by atoms with Gasteiger partial charge in [0.25, 0.3) is 5.88 Å². The molecule has 3 rings (SSSR count). The summed E-state index contributed by atoms with van der Waals surface area (Å²) in [6.07, 6.45) is 2.27. The van der Waals surface area contributed by atoms with Gasteiger partial charge in [-0.25, -0.2) is 9.37 Å². The first kappa shape index (κ1) is 21.0. The van der Waals surface area contributed by atoms with Crippen molar-refractivity contribution >= 4 is 35.6 Å². The maximum Gasteiger partial charge on any atom is 0.262 e. The molecule has 2 heterocycles. The minimum Gasteiger partial charge on any atom is -0.488 e. The van der Waals surface area contributed by atoms with Gasteiger partial charge in [0.1, 0.15) is 5.82 Å². The van der Waals surface area contributed by atoms with Crippen LogP contribution in [0.5, 0.6) is 17.4 Å². The van der Waals surface area contributed by atoms with E-state index in [9.17, 15) is 4.39 Å². The van der Waals surface area contributed by atoms with E-state index in [0.29, 0.717) is 18.3 Å². The minimum atomic E-state index is -0.527. The summed E-state index contributed by atoms with van der Waals surface area (Å²) in [5, 5.41) is 3.52. The van der Waals surface area contributed by atoms with E-state index in [-0.39, 0.29) is 34.1 Å². The highest BCUT2D eigenvalue weighted by Crippen LogP contribution is 2.39. The molecule has 2 aromatic rings. The van der Waals surface area contributed by atoms with Gasteiger partial charge in [0.15, 0.2) is 11.5 Å². The summed E-state index contributed by atoms with van der Waals surface area (Å²) >= 11 is 12.1. The Morgan fingerprint density at radius 3 is 2.65 bits per heavy atom. The molecule has 4 nitrogen and oxygen atoms in total. The lowest BCUT2D eigenvalue weighted by Crippen LogP contribution is -2.33. The van der Waals surface area contributed by atoms with Gasteiger partial charge in [-0.1, -0.05) is 23.2 Å². The number of aromatic nitrogens is 1.